The molecule has 5 heteroatoms. The van der Waals surface area contributed by atoms with E-state index in [0.29, 0.717) is 5.56 Å². The molecule has 0 spiro atoms. The molecule has 1 rings (SSSR count). The summed E-state index contributed by atoms with van der Waals surface area (Å²) in [4.78, 5) is 28.1. The third-order valence-electron chi connectivity index (χ3n) is 1.12. The molecule has 0 amide bonds. The maximum atomic E-state index is 10.2. The zero-order valence-electron chi connectivity index (χ0n) is 7.08. The van der Waals surface area contributed by atoms with Gasteiger partial charge in [0, 0.05) is 0 Å². The summed E-state index contributed by atoms with van der Waals surface area (Å²) in [5.74, 6) is -2.31. The van der Waals surface area contributed by atoms with Crippen molar-refractivity contribution in [1.29, 1.82) is 0 Å². The second-order valence-electron chi connectivity index (χ2n) is 2.13. The van der Waals surface area contributed by atoms with Gasteiger partial charge in [-0.1, -0.05) is 18.2 Å². The normalized spacial score (nSPS) is 8.00. The molecular weight excluding hydrogens is 188 g/mol. The fourth-order valence-corrected chi connectivity index (χ4v) is 0.581. The van der Waals surface area contributed by atoms with Crippen molar-refractivity contribution < 1.29 is 24.6 Å². The molecule has 5 nitrogen and oxygen atoms in total. The molecule has 0 aliphatic heterocycles. The molecule has 0 saturated heterocycles. The number of hydrogen-bond acceptors (Lipinski definition) is 3. The molecule has 0 atom stereocenters. The van der Waals surface area contributed by atoms with E-state index in [0.717, 1.165) is 0 Å². The highest BCUT2D eigenvalue weighted by Gasteiger charge is 1.96. The van der Waals surface area contributed by atoms with Crippen molar-refractivity contribution in [2.45, 2.75) is 0 Å². The standard InChI is InChI=1S/C7H6O2.C2H2O3/c8-7(9)6-4-2-1-3-5-6;3-1-2(4)5/h1-5H,(H,8,9);1H,(H,4,5). The molecule has 0 unspecified atom stereocenters. The second-order valence-corrected chi connectivity index (χ2v) is 2.13. The summed E-state index contributed by atoms with van der Waals surface area (Å²) < 4.78 is 0. The summed E-state index contributed by atoms with van der Waals surface area (Å²) in [7, 11) is 0. The van der Waals surface area contributed by atoms with E-state index in [-0.39, 0.29) is 6.29 Å². The number of aliphatic carboxylic acids is 1. The van der Waals surface area contributed by atoms with Crippen LogP contribution in [0.2, 0.25) is 0 Å². The summed E-state index contributed by atoms with van der Waals surface area (Å²) in [6, 6.07) is 8.30. The van der Waals surface area contributed by atoms with Gasteiger partial charge in [-0.2, -0.15) is 0 Å². The van der Waals surface area contributed by atoms with Crippen LogP contribution in [0.15, 0.2) is 30.3 Å². The molecule has 0 radical (unpaired) electrons. The first-order valence-corrected chi connectivity index (χ1v) is 3.54. The number of carbonyl (C=O) groups excluding carboxylic acids is 1. The number of rotatable bonds is 2. The number of hydrogen-bond donors (Lipinski definition) is 2. The van der Waals surface area contributed by atoms with E-state index in [2.05, 4.69) is 0 Å². The van der Waals surface area contributed by atoms with Crippen LogP contribution in [0.5, 0.6) is 0 Å². The van der Waals surface area contributed by atoms with E-state index < -0.39 is 11.9 Å². The van der Waals surface area contributed by atoms with Crippen LogP contribution in [-0.2, 0) is 9.59 Å². The van der Waals surface area contributed by atoms with E-state index in [4.69, 9.17) is 19.8 Å². The van der Waals surface area contributed by atoms with Crippen LogP contribution in [0.3, 0.4) is 0 Å². The van der Waals surface area contributed by atoms with Gasteiger partial charge in [0.2, 0.25) is 6.29 Å². The lowest BCUT2D eigenvalue weighted by atomic mass is 10.2. The van der Waals surface area contributed by atoms with Gasteiger partial charge in [-0.15, -0.1) is 0 Å². The number of carboxylic acid groups (broad SMARTS) is 2. The van der Waals surface area contributed by atoms with Crippen LogP contribution in [0.4, 0.5) is 0 Å². The summed E-state index contributed by atoms with van der Waals surface area (Å²) in [6.45, 7) is 0. The molecule has 0 bridgehead atoms. The van der Waals surface area contributed by atoms with Gasteiger partial charge in [0.1, 0.15) is 0 Å². The van der Waals surface area contributed by atoms with E-state index in [1.165, 1.54) is 0 Å². The molecule has 1 aromatic rings. The topological polar surface area (TPSA) is 91.7 Å². The minimum absolute atomic E-state index is 0.167. The highest BCUT2D eigenvalue weighted by Crippen LogP contribution is 1.96. The van der Waals surface area contributed by atoms with Gasteiger partial charge in [-0.3, -0.25) is 4.79 Å². The molecular formula is C9H8O5. The fraction of sp³-hybridized carbons (Fsp3) is 0. The number of carboxylic acids is 2. The van der Waals surface area contributed by atoms with Crippen molar-refractivity contribution in [2.75, 3.05) is 0 Å². The minimum Gasteiger partial charge on any atom is -0.478 e. The highest BCUT2D eigenvalue weighted by molar-refractivity contribution is 6.19. The third kappa shape index (κ3) is 5.48. The van der Waals surface area contributed by atoms with Gasteiger partial charge in [-0.05, 0) is 12.1 Å². The lowest BCUT2D eigenvalue weighted by Crippen LogP contribution is -1.93. The summed E-state index contributed by atoms with van der Waals surface area (Å²) in [5.41, 5.74) is 0.331. The van der Waals surface area contributed by atoms with Crippen LogP contribution in [-0.4, -0.2) is 28.4 Å². The Bertz CT molecular complexity index is 317. The smallest absolute Gasteiger partial charge is 0.368 e. The Kier molecular flexibility index (Phi) is 5.37. The Morgan fingerprint density at radius 2 is 1.50 bits per heavy atom. The average Bonchev–Trinajstić information content (AvgIpc) is 2.20. The maximum Gasteiger partial charge on any atom is 0.368 e. The molecule has 0 aliphatic rings. The quantitative estimate of drug-likeness (QED) is 0.535. The average molecular weight is 196 g/mol. The number of aldehydes is 1. The van der Waals surface area contributed by atoms with E-state index >= 15 is 0 Å². The summed E-state index contributed by atoms with van der Waals surface area (Å²) in [6.07, 6.45) is -0.167. The van der Waals surface area contributed by atoms with Crippen molar-refractivity contribution in [3.63, 3.8) is 0 Å². The molecule has 14 heavy (non-hydrogen) atoms. The first kappa shape index (κ1) is 11.8. The number of carbonyl (C=O) groups is 3. The molecule has 2 N–H and O–H groups in total. The minimum atomic E-state index is -1.43. The number of benzene rings is 1. The van der Waals surface area contributed by atoms with Crippen LogP contribution < -0.4 is 0 Å². The predicted molar refractivity (Wildman–Crippen MR) is 47.1 cm³/mol. The Hall–Kier alpha value is -2.17. The SMILES string of the molecule is O=C(O)c1ccccc1.O=CC(=O)O. The van der Waals surface area contributed by atoms with Crippen molar-refractivity contribution >= 4 is 18.2 Å². The van der Waals surface area contributed by atoms with Gasteiger partial charge in [0.15, 0.2) is 0 Å². The molecule has 0 aromatic heterocycles. The molecule has 0 aliphatic carbocycles. The first-order chi connectivity index (χ1) is 6.57. The van der Waals surface area contributed by atoms with Crippen LogP contribution in [0.25, 0.3) is 0 Å². The van der Waals surface area contributed by atoms with E-state index in [1.54, 1.807) is 30.3 Å². The molecule has 0 heterocycles. The van der Waals surface area contributed by atoms with Crippen molar-refractivity contribution in [2.24, 2.45) is 0 Å². The van der Waals surface area contributed by atoms with Crippen molar-refractivity contribution in [3.8, 4) is 0 Å². The Balaban J connectivity index is 0.000000292. The van der Waals surface area contributed by atoms with Gasteiger partial charge in [-0.25, -0.2) is 9.59 Å². The van der Waals surface area contributed by atoms with Crippen LogP contribution in [0.1, 0.15) is 10.4 Å². The van der Waals surface area contributed by atoms with Crippen molar-refractivity contribution in [3.05, 3.63) is 35.9 Å². The van der Waals surface area contributed by atoms with Crippen molar-refractivity contribution in [1.82, 2.24) is 0 Å². The predicted octanol–water partition coefficient (Wildman–Crippen LogP) is 0.655. The van der Waals surface area contributed by atoms with E-state index in [9.17, 15) is 4.79 Å². The second kappa shape index (κ2) is 6.36. The summed E-state index contributed by atoms with van der Waals surface area (Å²) in [5, 5.41) is 15.7. The maximum absolute atomic E-state index is 10.2. The fourth-order valence-electron chi connectivity index (χ4n) is 0.581. The lowest BCUT2D eigenvalue weighted by molar-refractivity contribution is -0.143. The van der Waals surface area contributed by atoms with Gasteiger partial charge in [0.25, 0.3) is 0 Å². The molecule has 0 fully saturated rings. The highest BCUT2D eigenvalue weighted by atomic mass is 16.4. The van der Waals surface area contributed by atoms with Crippen LogP contribution >= 0.6 is 0 Å². The van der Waals surface area contributed by atoms with Gasteiger partial charge < -0.3 is 10.2 Å². The van der Waals surface area contributed by atoms with Crippen LogP contribution in [0, 0.1) is 0 Å². The molecule has 1 aromatic carbocycles. The monoisotopic (exact) mass is 196 g/mol. The molecule has 0 saturated carbocycles. The zero-order valence-corrected chi connectivity index (χ0v) is 7.08. The zero-order chi connectivity index (χ0) is 11.0. The van der Waals surface area contributed by atoms with E-state index in [1.807, 2.05) is 0 Å². The number of aromatic carboxylic acids is 1. The van der Waals surface area contributed by atoms with Gasteiger partial charge >= 0.3 is 11.9 Å². The van der Waals surface area contributed by atoms with Gasteiger partial charge in [0.05, 0.1) is 5.56 Å². The Morgan fingerprint density at radius 1 is 1.07 bits per heavy atom. The lowest BCUT2D eigenvalue weighted by Gasteiger charge is -1.88. The Morgan fingerprint density at radius 3 is 1.71 bits per heavy atom. The third-order valence-corrected chi connectivity index (χ3v) is 1.12. The largest absolute Gasteiger partial charge is 0.478 e. The Labute approximate surface area is 79.6 Å². The molecule has 74 valence electrons. The first-order valence-electron chi connectivity index (χ1n) is 3.54. The summed E-state index contributed by atoms with van der Waals surface area (Å²) >= 11 is 0.